The summed E-state index contributed by atoms with van der Waals surface area (Å²) in [6.07, 6.45) is 0.812. The highest BCUT2D eigenvalue weighted by Crippen LogP contribution is 2.27. The molecule has 3 rings (SSSR count). The maximum atomic E-state index is 12.0. The Balaban J connectivity index is 1.92. The van der Waals surface area contributed by atoms with Gasteiger partial charge in [-0.05, 0) is 29.7 Å². The first-order valence-corrected chi connectivity index (χ1v) is 7.53. The first-order chi connectivity index (χ1) is 10.7. The molecule has 3 aromatic rings. The predicted octanol–water partition coefficient (Wildman–Crippen LogP) is 4.21. The highest BCUT2D eigenvalue weighted by molar-refractivity contribution is 6.01. The molecule has 1 unspecified atom stereocenters. The predicted molar refractivity (Wildman–Crippen MR) is 89.6 cm³/mol. The zero-order valence-electron chi connectivity index (χ0n) is 12.8. The second-order valence-electron chi connectivity index (χ2n) is 5.50. The van der Waals surface area contributed by atoms with Crippen LogP contribution in [0.15, 0.2) is 48.5 Å². The van der Waals surface area contributed by atoms with Crippen molar-refractivity contribution in [2.45, 2.75) is 20.3 Å². The summed E-state index contributed by atoms with van der Waals surface area (Å²) in [4.78, 5) is 12.0. The molecule has 1 heterocycles. The molecule has 112 valence electrons. The molecule has 0 aliphatic heterocycles. The summed E-state index contributed by atoms with van der Waals surface area (Å²) in [6, 6.07) is 16.3. The van der Waals surface area contributed by atoms with Crippen molar-refractivity contribution in [3.05, 3.63) is 48.5 Å². The molecule has 0 bridgehead atoms. The van der Waals surface area contributed by atoms with Gasteiger partial charge in [0.05, 0.1) is 5.52 Å². The highest BCUT2D eigenvalue weighted by Gasteiger charge is 2.14. The molecular weight excluding hydrogens is 274 g/mol. The number of fused-ring (bicyclic) bond motifs is 1. The number of nitrogens with one attached hydrogen (secondary N) is 2. The Morgan fingerprint density at radius 1 is 1.18 bits per heavy atom. The third-order valence-electron chi connectivity index (χ3n) is 3.97. The fraction of sp³-hybridized carbons (Fsp3) is 0.222. The number of anilines is 1. The summed E-state index contributed by atoms with van der Waals surface area (Å²) >= 11 is 0. The Hall–Kier alpha value is -2.62. The van der Waals surface area contributed by atoms with Gasteiger partial charge in [0.2, 0.25) is 5.91 Å². The molecular formula is C18H19N3O. The van der Waals surface area contributed by atoms with Crippen molar-refractivity contribution in [3.8, 4) is 11.1 Å². The Labute approximate surface area is 129 Å². The minimum Gasteiger partial charge on any atom is -0.308 e. The molecule has 0 radical (unpaired) electrons. The van der Waals surface area contributed by atoms with Gasteiger partial charge < -0.3 is 5.32 Å². The summed E-state index contributed by atoms with van der Waals surface area (Å²) < 4.78 is 0. The summed E-state index contributed by atoms with van der Waals surface area (Å²) in [6.45, 7) is 3.91. The lowest BCUT2D eigenvalue weighted by Gasteiger charge is -2.08. The van der Waals surface area contributed by atoms with E-state index in [1.165, 1.54) is 0 Å². The molecule has 0 aliphatic carbocycles. The van der Waals surface area contributed by atoms with E-state index in [4.69, 9.17) is 0 Å². The van der Waals surface area contributed by atoms with Crippen LogP contribution in [-0.4, -0.2) is 16.1 Å². The van der Waals surface area contributed by atoms with Crippen LogP contribution < -0.4 is 5.32 Å². The number of carbonyl (C=O) groups is 1. The molecule has 0 spiro atoms. The topological polar surface area (TPSA) is 57.8 Å². The molecule has 1 atom stereocenters. The smallest absolute Gasteiger partial charge is 0.228 e. The standard InChI is InChI=1S/C18H19N3O/c1-3-12(2)18(22)19-17-15-10-9-14(11-16(15)20-21-17)13-7-5-4-6-8-13/h4-12H,3H2,1-2H3,(H2,19,20,21,22). The van der Waals surface area contributed by atoms with Gasteiger partial charge in [-0.15, -0.1) is 0 Å². The minimum absolute atomic E-state index is 0.00281. The fourth-order valence-corrected chi connectivity index (χ4v) is 2.35. The maximum Gasteiger partial charge on any atom is 0.228 e. The van der Waals surface area contributed by atoms with Crippen LogP contribution in [0.3, 0.4) is 0 Å². The first-order valence-electron chi connectivity index (χ1n) is 7.53. The van der Waals surface area contributed by atoms with Crippen LogP contribution in [0, 0.1) is 5.92 Å². The largest absolute Gasteiger partial charge is 0.308 e. The third kappa shape index (κ3) is 2.72. The second-order valence-corrected chi connectivity index (χ2v) is 5.50. The van der Waals surface area contributed by atoms with E-state index in [2.05, 4.69) is 33.7 Å². The van der Waals surface area contributed by atoms with Gasteiger partial charge in [-0.25, -0.2) is 0 Å². The number of aromatic amines is 1. The monoisotopic (exact) mass is 293 g/mol. The van der Waals surface area contributed by atoms with Crippen molar-refractivity contribution in [1.82, 2.24) is 10.2 Å². The van der Waals surface area contributed by atoms with Gasteiger partial charge in [-0.1, -0.05) is 50.2 Å². The highest BCUT2D eigenvalue weighted by atomic mass is 16.1. The van der Waals surface area contributed by atoms with E-state index < -0.39 is 0 Å². The molecule has 0 fully saturated rings. The Kier molecular flexibility index (Phi) is 3.92. The summed E-state index contributed by atoms with van der Waals surface area (Å²) in [5.74, 6) is 0.582. The molecule has 4 nitrogen and oxygen atoms in total. The summed E-state index contributed by atoms with van der Waals surface area (Å²) in [5.41, 5.74) is 3.20. The normalized spacial score (nSPS) is 12.3. The number of aromatic nitrogens is 2. The molecule has 22 heavy (non-hydrogen) atoms. The Morgan fingerprint density at radius 2 is 1.95 bits per heavy atom. The van der Waals surface area contributed by atoms with Crippen molar-refractivity contribution < 1.29 is 4.79 Å². The van der Waals surface area contributed by atoms with Gasteiger partial charge >= 0.3 is 0 Å². The van der Waals surface area contributed by atoms with E-state index in [1.807, 2.05) is 44.2 Å². The maximum absolute atomic E-state index is 12.0. The molecule has 0 saturated carbocycles. The van der Waals surface area contributed by atoms with Crippen LogP contribution >= 0.6 is 0 Å². The zero-order chi connectivity index (χ0) is 15.5. The molecule has 2 aromatic carbocycles. The lowest BCUT2D eigenvalue weighted by atomic mass is 10.0. The van der Waals surface area contributed by atoms with E-state index in [9.17, 15) is 4.79 Å². The Bertz CT molecular complexity index is 792. The van der Waals surface area contributed by atoms with Gasteiger partial charge in [0.15, 0.2) is 5.82 Å². The molecule has 0 aliphatic rings. The summed E-state index contributed by atoms with van der Waals surface area (Å²) in [7, 11) is 0. The van der Waals surface area contributed by atoms with E-state index in [1.54, 1.807) is 0 Å². The van der Waals surface area contributed by atoms with Crippen LogP contribution in [0.2, 0.25) is 0 Å². The van der Waals surface area contributed by atoms with Crippen LogP contribution in [0.5, 0.6) is 0 Å². The second kappa shape index (κ2) is 6.02. The molecule has 2 N–H and O–H groups in total. The quantitative estimate of drug-likeness (QED) is 0.757. The number of nitrogens with zero attached hydrogens (tertiary/aromatic N) is 1. The van der Waals surface area contributed by atoms with Crippen LogP contribution in [-0.2, 0) is 4.79 Å². The van der Waals surface area contributed by atoms with E-state index in [0.717, 1.165) is 28.5 Å². The number of carbonyl (C=O) groups excluding carboxylic acids is 1. The van der Waals surface area contributed by atoms with Crippen molar-refractivity contribution >= 4 is 22.6 Å². The van der Waals surface area contributed by atoms with Gasteiger partial charge in [0.1, 0.15) is 0 Å². The van der Waals surface area contributed by atoms with Crippen molar-refractivity contribution in [2.24, 2.45) is 5.92 Å². The van der Waals surface area contributed by atoms with Crippen molar-refractivity contribution in [1.29, 1.82) is 0 Å². The lowest BCUT2D eigenvalue weighted by Crippen LogP contribution is -2.19. The SMILES string of the molecule is CCC(C)C(=O)Nc1n[nH]c2cc(-c3ccccc3)ccc12. The average molecular weight is 293 g/mol. The number of amides is 1. The van der Waals surface area contributed by atoms with Crippen LogP contribution in [0.4, 0.5) is 5.82 Å². The number of hydrogen-bond donors (Lipinski definition) is 2. The molecule has 4 heteroatoms. The van der Waals surface area contributed by atoms with Gasteiger partial charge in [-0.3, -0.25) is 9.89 Å². The third-order valence-corrected chi connectivity index (χ3v) is 3.97. The van der Waals surface area contributed by atoms with Crippen LogP contribution in [0.1, 0.15) is 20.3 Å². The van der Waals surface area contributed by atoms with E-state index in [0.29, 0.717) is 5.82 Å². The Morgan fingerprint density at radius 3 is 2.68 bits per heavy atom. The lowest BCUT2D eigenvalue weighted by molar-refractivity contribution is -0.119. The number of rotatable bonds is 4. The molecule has 1 amide bonds. The van der Waals surface area contributed by atoms with E-state index >= 15 is 0 Å². The van der Waals surface area contributed by atoms with Crippen molar-refractivity contribution in [2.75, 3.05) is 5.32 Å². The van der Waals surface area contributed by atoms with Gasteiger partial charge in [0, 0.05) is 11.3 Å². The minimum atomic E-state index is -0.0182. The zero-order valence-corrected chi connectivity index (χ0v) is 12.8. The van der Waals surface area contributed by atoms with Crippen LogP contribution in [0.25, 0.3) is 22.0 Å². The average Bonchev–Trinajstić information content (AvgIpc) is 2.97. The molecule has 1 aromatic heterocycles. The number of hydrogen-bond acceptors (Lipinski definition) is 2. The fourth-order valence-electron chi connectivity index (χ4n) is 2.35. The number of H-pyrrole nitrogens is 1. The van der Waals surface area contributed by atoms with Crippen molar-refractivity contribution in [3.63, 3.8) is 0 Å². The summed E-state index contributed by atoms with van der Waals surface area (Å²) in [5, 5.41) is 11.0. The van der Waals surface area contributed by atoms with Gasteiger partial charge in [-0.2, -0.15) is 5.10 Å². The number of benzene rings is 2. The first kappa shape index (κ1) is 14.3. The van der Waals surface area contributed by atoms with Gasteiger partial charge in [0.25, 0.3) is 0 Å². The molecule has 0 saturated heterocycles. The van der Waals surface area contributed by atoms with E-state index in [-0.39, 0.29) is 11.8 Å².